The van der Waals surface area contributed by atoms with Crippen molar-refractivity contribution in [2.24, 2.45) is 5.92 Å². The smallest absolute Gasteiger partial charge is 0.228 e. The van der Waals surface area contributed by atoms with E-state index in [4.69, 9.17) is 0 Å². The Morgan fingerprint density at radius 2 is 1.86 bits per heavy atom. The molecular weight excluding hydrogens is 344 g/mol. The van der Waals surface area contributed by atoms with E-state index in [1.54, 1.807) is 0 Å². The summed E-state index contributed by atoms with van der Waals surface area (Å²) in [5.41, 5.74) is 4.70. The van der Waals surface area contributed by atoms with Crippen molar-refractivity contribution in [2.75, 3.05) is 18.4 Å². The van der Waals surface area contributed by atoms with Crippen molar-refractivity contribution in [3.05, 3.63) is 77.4 Å². The Morgan fingerprint density at radius 3 is 2.71 bits per heavy atom. The first-order valence-electron chi connectivity index (χ1n) is 10.2. The second-order valence-electron chi connectivity index (χ2n) is 8.00. The Morgan fingerprint density at radius 1 is 1.04 bits per heavy atom. The SMILES string of the molecule is Cc1ccc(NC(=O)C2CCCN(Cc3cccc4ccccc34)C2)cc1C. The number of amides is 1. The number of hydrogen-bond donors (Lipinski definition) is 1. The molecule has 3 aromatic rings. The molecule has 3 nitrogen and oxygen atoms in total. The van der Waals surface area contributed by atoms with Gasteiger partial charge >= 0.3 is 0 Å². The molecule has 1 saturated heterocycles. The highest BCUT2D eigenvalue weighted by atomic mass is 16.1. The van der Waals surface area contributed by atoms with Gasteiger partial charge in [0.2, 0.25) is 5.91 Å². The van der Waals surface area contributed by atoms with Gasteiger partial charge in [0.05, 0.1) is 5.92 Å². The molecule has 144 valence electrons. The number of nitrogens with zero attached hydrogens (tertiary/aromatic N) is 1. The summed E-state index contributed by atoms with van der Waals surface area (Å²) in [6.07, 6.45) is 2.03. The van der Waals surface area contributed by atoms with Gasteiger partial charge in [0.1, 0.15) is 0 Å². The zero-order chi connectivity index (χ0) is 19.5. The number of carbonyl (C=O) groups excluding carboxylic acids is 1. The summed E-state index contributed by atoms with van der Waals surface area (Å²) in [7, 11) is 0. The topological polar surface area (TPSA) is 32.3 Å². The number of anilines is 1. The molecule has 1 aliphatic heterocycles. The van der Waals surface area contributed by atoms with Crippen LogP contribution in [0.1, 0.15) is 29.5 Å². The predicted octanol–water partition coefficient (Wildman–Crippen LogP) is 5.31. The second-order valence-corrected chi connectivity index (χ2v) is 8.00. The number of piperidine rings is 1. The Kier molecular flexibility index (Phi) is 5.45. The summed E-state index contributed by atoms with van der Waals surface area (Å²) in [4.78, 5) is 15.3. The van der Waals surface area contributed by atoms with Crippen LogP contribution in [-0.4, -0.2) is 23.9 Å². The molecule has 3 heteroatoms. The lowest BCUT2D eigenvalue weighted by atomic mass is 9.95. The van der Waals surface area contributed by atoms with Crippen molar-refractivity contribution in [2.45, 2.75) is 33.2 Å². The van der Waals surface area contributed by atoms with Crippen molar-refractivity contribution in [1.82, 2.24) is 4.90 Å². The summed E-state index contributed by atoms with van der Waals surface area (Å²) in [5.74, 6) is 0.191. The molecule has 1 N–H and O–H groups in total. The molecule has 0 bridgehead atoms. The van der Waals surface area contributed by atoms with E-state index in [0.29, 0.717) is 0 Å². The number of aryl methyl sites for hydroxylation is 2. The predicted molar refractivity (Wildman–Crippen MR) is 116 cm³/mol. The Labute approximate surface area is 167 Å². The maximum atomic E-state index is 12.8. The summed E-state index contributed by atoms with van der Waals surface area (Å²) in [6.45, 7) is 6.94. The molecule has 0 aromatic heterocycles. The molecular formula is C25H28N2O. The minimum atomic E-state index is 0.0466. The maximum absolute atomic E-state index is 12.8. The lowest BCUT2D eigenvalue weighted by molar-refractivity contribution is -0.121. The molecule has 1 heterocycles. The van der Waals surface area contributed by atoms with Crippen molar-refractivity contribution in [1.29, 1.82) is 0 Å². The van der Waals surface area contributed by atoms with Crippen molar-refractivity contribution in [3.63, 3.8) is 0 Å². The molecule has 0 saturated carbocycles. The van der Waals surface area contributed by atoms with Crippen molar-refractivity contribution < 1.29 is 4.79 Å². The molecule has 3 aromatic carbocycles. The third-order valence-corrected chi connectivity index (χ3v) is 5.92. The number of rotatable bonds is 4. The fraction of sp³-hybridized carbons (Fsp3) is 0.320. The van der Waals surface area contributed by atoms with Crippen LogP contribution < -0.4 is 5.32 Å². The monoisotopic (exact) mass is 372 g/mol. The molecule has 1 unspecified atom stereocenters. The van der Waals surface area contributed by atoms with E-state index in [0.717, 1.165) is 38.2 Å². The number of carbonyl (C=O) groups is 1. The molecule has 1 atom stereocenters. The van der Waals surface area contributed by atoms with Crippen LogP contribution in [0.25, 0.3) is 10.8 Å². The lowest BCUT2D eigenvalue weighted by Crippen LogP contribution is -2.40. The van der Waals surface area contributed by atoms with Crippen LogP contribution in [0.5, 0.6) is 0 Å². The van der Waals surface area contributed by atoms with E-state index in [-0.39, 0.29) is 11.8 Å². The first-order valence-corrected chi connectivity index (χ1v) is 10.2. The summed E-state index contributed by atoms with van der Waals surface area (Å²) >= 11 is 0. The molecule has 1 aliphatic rings. The molecule has 1 fully saturated rings. The van der Waals surface area contributed by atoms with Crippen LogP contribution in [0.3, 0.4) is 0 Å². The van der Waals surface area contributed by atoms with E-state index in [1.165, 1.54) is 27.5 Å². The largest absolute Gasteiger partial charge is 0.326 e. The second kappa shape index (κ2) is 8.15. The zero-order valence-corrected chi connectivity index (χ0v) is 16.7. The van der Waals surface area contributed by atoms with E-state index in [9.17, 15) is 4.79 Å². The van der Waals surface area contributed by atoms with E-state index in [1.807, 2.05) is 6.07 Å². The Hall–Kier alpha value is -2.65. The fourth-order valence-electron chi connectivity index (χ4n) is 4.15. The summed E-state index contributed by atoms with van der Waals surface area (Å²) in [6, 6.07) is 21.2. The number of likely N-dealkylation sites (tertiary alicyclic amines) is 1. The van der Waals surface area contributed by atoms with Gasteiger partial charge in [-0.15, -0.1) is 0 Å². The van der Waals surface area contributed by atoms with Gasteiger partial charge in [-0.25, -0.2) is 0 Å². The molecule has 0 aliphatic carbocycles. The molecule has 4 rings (SSSR count). The fourth-order valence-corrected chi connectivity index (χ4v) is 4.15. The van der Waals surface area contributed by atoms with Gasteiger partial charge in [0.25, 0.3) is 0 Å². The van der Waals surface area contributed by atoms with Crippen LogP contribution in [-0.2, 0) is 11.3 Å². The van der Waals surface area contributed by atoms with Gasteiger partial charge < -0.3 is 5.32 Å². The average molecular weight is 373 g/mol. The van der Waals surface area contributed by atoms with Gasteiger partial charge in [0.15, 0.2) is 0 Å². The standard InChI is InChI=1S/C25H28N2O/c1-18-12-13-23(15-19(18)2)26-25(28)22-10-6-14-27(17-22)16-21-9-5-8-20-7-3-4-11-24(20)21/h3-5,7-9,11-13,15,22H,6,10,14,16-17H2,1-2H3,(H,26,28). The first kappa shape index (κ1) is 18.7. The third kappa shape index (κ3) is 4.10. The van der Waals surface area contributed by atoms with E-state index >= 15 is 0 Å². The van der Waals surface area contributed by atoms with Gasteiger partial charge in [-0.05, 0) is 72.8 Å². The molecule has 1 amide bonds. The molecule has 28 heavy (non-hydrogen) atoms. The number of nitrogens with one attached hydrogen (secondary N) is 1. The first-order chi connectivity index (χ1) is 13.6. The van der Waals surface area contributed by atoms with Crippen molar-refractivity contribution in [3.8, 4) is 0 Å². The summed E-state index contributed by atoms with van der Waals surface area (Å²) < 4.78 is 0. The van der Waals surface area contributed by atoms with Crippen LogP contribution in [0, 0.1) is 19.8 Å². The summed E-state index contributed by atoms with van der Waals surface area (Å²) in [5, 5.41) is 5.72. The molecule has 0 radical (unpaired) electrons. The minimum Gasteiger partial charge on any atom is -0.326 e. The van der Waals surface area contributed by atoms with Crippen LogP contribution in [0.15, 0.2) is 60.7 Å². The van der Waals surface area contributed by atoms with Gasteiger partial charge in [-0.3, -0.25) is 9.69 Å². The quantitative estimate of drug-likeness (QED) is 0.673. The maximum Gasteiger partial charge on any atom is 0.228 e. The van der Waals surface area contributed by atoms with Gasteiger partial charge in [-0.2, -0.15) is 0 Å². The van der Waals surface area contributed by atoms with Crippen molar-refractivity contribution >= 4 is 22.4 Å². The van der Waals surface area contributed by atoms with E-state index in [2.05, 4.69) is 78.7 Å². The van der Waals surface area contributed by atoms with Gasteiger partial charge in [0, 0.05) is 18.8 Å². The third-order valence-electron chi connectivity index (χ3n) is 5.92. The van der Waals surface area contributed by atoms with E-state index < -0.39 is 0 Å². The Balaban J connectivity index is 1.43. The average Bonchev–Trinajstić information content (AvgIpc) is 2.71. The number of hydrogen-bond acceptors (Lipinski definition) is 2. The van der Waals surface area contributed by atoms with Crippen LogP contribution in [0.4, 0.5) is 5.69 Å². The highest BCUT2D eigenvalue weighted by molar-refractivity contribution is 5.93. The number of benzene rings is 3. The van der Waals surface area contributed by atoms with Gasteiger partial charge in [-0.1, -0.05) is 48.5 Å². The minimum absolute atomic E-state index is 0.0466. The highest BCUT2D eigenvalue weighted by Crippen LogP contribution is 2.24. The zero-order valence-electron chi connectivity index (χ0n) is 16.7. The highest BCUT2D eigenvalue weighted by Gasteiger charge is 2.26. The lowest BCUT2D eigenvalue weighted by Gasteiger charge is -2.32. The van der Waals surface area contributed by atoms with Crippen LogP contribution in [0.2, 0.25) is 0 Å². The molecule has 0 spiro atoms. The van der Waals surface area contributed by atoms with Crippen LogP contribution >= 0.6 is 0 Å². The Bertz CT molecular complexity index is 990. The normalized spacial score (nSPS) is 17.6. The number of fused-ring (bicyclic) bond motifs is 1.